The molecular weight excluding hydrogens is 458 g/mol. The third-order valence-corrected chi connectivity index (χ3v) is 6.35. The third kappa shape index (κ3) is 7.31. The summed E-state index contributed by atoms with van der Waals surface area (Å²) < 4.78 is 7.54. The van der Waals surface area contributed by atoms with Crippen LogP contribution in [0.15, 0.2) is 53.2 Å². The van der Waals surface area contributed by atoms with E-state index >= 15 is 0 Å². The number of hydrogen-bond acceptors (Lipinski definition) is 5. The Morgan fingerprint density at radius 2 is 1.92 bits per heavy atom. The maximum Gasteiger partial charge on any atom is 0.287 e. The van der Waals surface area contributed by atoms with E-state index in [0.29, 0.717) is 36.2 Å². The van der Waals surface area contributed by atoms with E-state index in [9.17, 15) is 9.59 Å². The van der Waals surface area contributed by atoms with Crippen molar-refractivity contribution in [3.8, 4) is 11.3 Å². The number of imidazole rings is 1. The van der Waals surface area contributed by atoms with E-state index < -0.39 is 0 Å². The van der Waals surface area contributed by atoms with Gasteiger partial charge in [-0.15, -0.1) is 0 Å². The summed E-state index contributed by atoms with van der Waals surface area (Å²) in [7, 11) is 3.34. The van der Waals surface area contributed by atoms with Crippen LogP contribution in [0.4, 0.5) is 0 Å². The van der Waals surface area contributed by atoms with Gasteiger partial charge in [0.05, 0.1) is 0 Å². The fraction of sp³-hybridized carbons (Fsp3) is 0.407. The molecule has 0 aliphatic heterocycles. The van der Waals surface area contributed by atoms with Crippen molar-refractivity contribution in [3.05, 3.63) is 65.9 Å². The molecule has 0 saturated heterocycles. The summed E-state index contributed by atoms with van der Waals surface area (Å²) in [4.78, 5) is 38.1. The summed E-state index contributed by atoms with van der Waals surface area (Å²) in [6.45, 7) is 2.45. The molecule has 1 saturated carbocycles. The molecule has 0 radical (unpaired) electrons. The molecule has 2 aromatic heterocycles. The average Bonchev–Trinajstić information content (AvgIpc) is 3.58. The Morgan fingerprint density at radius 3 is 2.58 bits per heavy atom. The van der Waals surface area contributed by atoms with Crippen molar-refractivity contribution in [2.24, 2.45) is 13.0 Å². The lowest BCUT2D eigenvalue weighted by molar-refractivity contribution is -0.109. The molecule has 3 aromatic rings. The number of amides is 3. The van der Waals surface area contributed by atoms with Crippen LogP contribution in [0.5, 0.6) is 0 Å². The summed E-state index contributed by atoms with van der Waals surface area (Å²) >= 11 is 0. The number of nitrogens with one attached hydrogen (secondary N) is 3. The van der Waals surface area contributed by atoms with Crippen LogP contribution < -0.4 is 16.0 Å². The van der Waals surface area contributed by atoms with Crippen LogP contribution in [0, 0.1) is 5.92 Å². The highest BCUT2D eigenvalue weighted by Gasteiger charge is 2.23. The number of hydrogen-bond donors (Lipinski definition) is 3. The van der Waals surface area contributed by atoms with Crippen molar-refractivity contribution >= 4 is 18.2 Å². The van der Waals surface area contributed by atoms with Gasteiger partial charge in [-0.1, -0.05) is 37.5 Å². The van der Waals surface area contributed by atoms with E-state index in [1.165, 1.54) is 32.1 Å². The minimum Gasteiger partial charge on any atom is -0.451 e. The number of rotatable bonds is 8. The van der Waals surface area contributed by atoms with Crippen molar-refractivity contribution in [2.75, 3.05) is 7.05 Å². The Labute approximate surface area is 211 Å². The zero-order valence-electron chi connectivity index (χ0n) is 21.1. The molecule has 1 aliphatic rings. The minimum atomic E-state index is -0.230. The highest BCUT2D eigenvalue weighted by Crippen LogP contribution is 2.27. The molecule has 2 heterocycles. The second kappa shape index (κ2) is 13.3. The van der Waals surface area contributed by atoms with Gasteiger partial charge in [0.2, 0.25) is 6.41 Å². The smallest absolute Gasteiger partial charge is 0.287 e. The Hall–Kier alpha value is -3.88. The summed E-state index contributed by atoms with van der Waals surface area (Å²) in [6, 6.07) is 11.4. The van der Waals surface area contributed by atoms with Gasteiger partial charge in [0.25, 0.3) is 11.8 Å². The first kappa shape index (κ1) is 26.7. The predicted octanol–water partition coefficient (Wildman–Crippen LogP) is 3.67. The quantitative estimate of drug-likeness (QED) is 0.414. The zero-order valence-corrected chi connectivity index (χ0v) is 21.1. The lowest BCUT2D eigenvalue weighted by Gasteiger charge is -2.27. The van der Waals surface area contributed by atoms with Crippen molar-refractivity contribution in [2.45, 2.75) is 51.6 Å². The normalized spacial score (nSPS) is 14.2. The van der Waals surface area contributed by atoms with Gasteiger partial charge in [-0.3, -0.25) is 14.4 Å². The van der Waals surface area contributed by atoms with Crippen LogP contribution in [0.3, 0.4) is 0 Å². The number of carbonyl (C=O) groups excluding carboxylic acids is 3. The average molecular weight is 494 g/mol. The highest BCUT2D eigenvalue weighted by molar-refractivity contribution is 5.92. The summed E-state index contributed by atoms with van der Waals surface area (Å²) in [6.07, 6.45) is 10.1. The number of furan rings is 1. The van der Waals surface area contributed by atoms with Crippen molar-refractivity contribution in [3.63, 3.8) is 0 Å². The molecule has 9 nitrogen and oxygen atoms in total. The van der Waals surface area contributed by atoms with Gasteiger partial charge < -0.3 is 24.9 Å². The number of benzene rings is 1. The summed E-state index contributed by atoms with van der Waals surface area (Å²) in [5.41, 5.74) is 1.78. The Kier molecular flexibility index (Phi) is 9.85. The molecule has 1 atom stereocenters. The summed E-state index contributed by atoms with van der Waals surface area (Å²) in [5, 5.41) is 8.23. The van der Waals surface area contributed by atoms with Gasteiger partial charge in [0, 0.05) is 44.6 Å². The Balaban J connectivity index is 0.000000840. The SMILES string of the molecule is CNC=O.C[C@@H](NC(=O)c1ccc(-c2cccc(CNC(=O)c3nccn3C)c2)o1)C1CCCCC1. The van der Waals surface area contributed by atoms with E-state index in [-0.39, 0.29) is 17.9 Å². The lowest BCUT2D eigenvalue weighted by Crippen LogP contribution is -2.38. The van der Waals surface area contributed by atoms with Gasteiger partial charge in [-0.2, -0.15) is 0 Å². The first-order valence-electron chi connectivity index (χ1n) is 12.3. The maximum absolute atomic E-state index is 12.7. The largest absolute Gasteiger partial charge is 0.451 e. The van der Waals surface area contributed by atoms with Gasteiger partial charge >= 0.3 is 0 Å². The highest BCUT2D eigenvalue weighted by atomic mass is 16.3. The molecule has 1 aromatic carbocycles. The monoisotopic (exact) mass is 493 g/mol. The molecule has 1 aliphatic carbocycles. The van der Waals surface area contributed by atoms with Crippen LogP contribution in [-0.2, 0) is 18.4 Å². The third-order valence-electron chi connectivity index (χ3n) is 6.35. The second-order valence-electron chi connectivity index (χ2n) is 8.98. The van der Waals surface area contributed by atoms with E-state index in [2.05, 4.69) is 27.9 Å². The molecule has 0 unspecified atom stereocenters. The van der Waals surface area contributed by atoms with Crippen molar-refractivity contribution in [1.82, 2.24) is 25.5 Å². The van der Waals surface area contributed by atoms with Crippen molar-refractivity contribution < 1.29 is 18.8 Å². The number of nitrogens with zero attached hydrogens (tertiary/aromatic N) is 2. The molecule has 192 valence electrons. The molecule has 4 rings (SSSR count). The summed E-state index contributed by atoms with van der Waals surface area (Å²) in [5.74, 6) is 1.44. The van der Waals surface area contributed by atoms with Gasteiger partial charge in [-0.05, 0) is 49.4 Å². The first-order chi connectivity index (χ1) is 17.4. The second-order valence-corrected chi connectivity index (χ2v) is 8.98. The predicted molar refractivity (Wildman–Crippen MR) is 137 cm³/mol. The standard InChI is InChI=1S/C25H30N4O3.C2H5NO/c1-17(19-8-4-3-5-9-19)28-24(30)22-12-11-21(32-22)20-10-6-7-18(15-20)16-27-25(31)23-26-13-14-29(23)2;1-3-2-4/h6-7,10-15,17,19H,3-5,8-9,16H2,1-2H3,(H,27,31)(H,28,30);2H,1H3,(H,3,4)/t17-;/m1./s1. The Bertz CT molecular complexity index is 1150. The van der Waals surface area contributed by atoms with Crippen molar-refractivity contribution in [1.29, 1.82) is 0 Å². The molecule has 3 N–H and O–H groups in total. The number of aromatic nitrogens is 2. The number of carbonyl (C=O) groups is 3. The maximum atomic E-state index is 12.7. The fourth-order valence-electron chi connectivity index (χ4n) is 4.33. The van der Waals surface area contributed by atoms with Crippen LogP contribution >= 0.6 is 0 Å². The molecule has 36 heavy (non-hydrogen) atoms. The topological polar surface area (TPSA) is 118 Å². The zero-order chi connectivity index (χ0) is 25.9. The van der Waals surface area contributed by atoms with Crippen LogP contribution in [0.25, 0.3) is 11.3 Å². The van der Waals surface area contributed by atoms with E-state index in [1.54, 1.807) is 37.1 Å². The first-order valence-corrected chi connectivity index (χ1v) is 12.3. The molecule has 3 amide bonds. The van der Waals surface area contributed by atoms with Gasteiger partial charge in [0.15, 0.2) is 11.6 Å². The van der Waals surface area contributed by atoms with Gasteiger partial charge in [0.1, 0.15) is 5.76 Å². The molecular formula is C27H35N5O4. The van der Waals surface area contributed by atoms with E-state index in [0.717, 1.165) is 11.1 Å². The minimum absolute atomic E-state index is 0.141. The van der Waals surface area contributed by atoms with Gasteiger partial charge in [-0.25, -0.2) is 4.98 Å². The van der Waals surface area contributed by atoms with E-state index in [1.807, 2.05) is 30.3 Å². The Morgan fingerprint density at radius 1 is 1.17 bits per heavy atom. The molecule has 0 spiro atoms. The van der Waals surface area contributed by atoms with Crippen LogP contribution in [0.2, 0.25) is 0 Å². The van der Waals surface area contributed by atoms with E-state index in [4.69, 9.17) is 9.21 Å². The van der Waals surface area contributed by atoms with Crippen LogP contribution in [0.1, 0.15) is 65.8 Å². The van der Waals surface area contributed by atoms with Crippen LogP contribution in [-0.4, -0.2) is 40.9 Å². The molecule has 1 fully saturated rings. The molecule has 9 heteroatoms. The lowest BCUT2D eigenvalue weighted by atomic mass is 9.84. The fourth-order valence-corrected chi connectivity index (χ4v) is 4.33. The molecule has 0 bridgehead atoms. The number of aryl methyl sites for hydroxylation is 1.